The minimum atomic E-state index is -3.70. The van der Waals surface area contributed by atoms with Crippen LogP contribution in [0.5, 0.6) is 0 Å². The second-order valence-corrected chi connectivity index (χ2v) is 7.41. The monoisotopic (exact) mass is 382 g/mol. The van der Waals surface area contributed by atoms with Crippen LogP contribution >= 0.6 is 11.6 Å². The Hall–Kier alpha value is -2.09. The summed E-state index contributed by atoms with van der Waals surface area (Å²) < 4.78 is 32.3. The first-order chi connectivity index (χ1) is 11.8. The summed E-state index contributed by atoms with van der Waals surface area (Å²) in [6.45, 7) is 3.70. The van der Waals surface area contributed by atoms with E-state index in [1.54, 1.807) is 38.1 Å². The van der Waals surface area contributed by atoms with Crippen molar-refractivity contribution in [1.82, 2.24) is 4.72 Å². The van der Waals surface area contributed by atoms with Gasteiger partial charge < -0.3 is 4.74 Å². The number of ether oxygens (including phenoxy) is 1. The number of hydrogen-bond donors (Lipinski definition) is 2. The summed E-state index contributed by atoms with van der Waals surface area (Å²) in [7, 11) is -3.70. The van der Waals surface area contributed by atoms with Crippen LogP contribution in [0.25, 0.3) is 0 Å². The molecule has 0 saturated carbocycles. The van der Waals surface area contributed by atoms with Crippen LogP contribution in [0.1, 0.15) is 25.5 Å². The molecular formula is C17H19ClN2O4S. The fraction of sp³-hybridized carbons (Fsp3) is 0.235. The molecule has 0 radical (unpaired) electrons. The molecule has 134 valence electrons. The predicted octanol–water partition coefficient (Wildman–Crippen LogP) is 3.95. The van der Waals surface area contributed by atoms with Gasteiger partial charge in [-0.15, -0.1) is 0 Å². The highest BCUT2D eigenvalue weighted by Gasteiger charge is 2.18. The number of benzene rings is 2. The molecule has 0 saturated heterocycles. The van der Waals surface area contributed by atoms with Crippen LogP contribution in [0.15, 0.2) is 53.4 Å². The second kappa shape index (κ2) is 8.33. The normalized spacial score (nSPS) is 12.4. The molecule has 25 heavy (non-hydrogen) atoms. The Morgan fingerprint density at radius 1 is 1.12 bits per heavy atom. The minimum absolute atomic E-state index is 0.0997. The number of carbonyl (C=O) groups excluding carboxylic acids is 1. The maximum Gasteiger partial charge on any atom is 0.411 e. The molecule has 1 amide bonds. The van der Waals surface area contributed by atoms with Gasteiger partial charge in [0.05, 0.1) is 11.5 Å². The van der Waals surface area contributed by atoms with Crippen LogP contribution in [0, 0.1) is 0 Å². The zero-order valence-corrected chi connectivity index (χ0v) is 15.4. The third-order valence-corrected chi connectivity index (χ3v) is 5.20. The van der Waals surface area contributed by atoms with Gasteiger partial charge >= 0.3 is 6.09 Å². The van der Waals surface area contributed by atoms with Crippen molar-refractivity contribution in [2.75, 3.05) is 11.9 Å². The van der Waals surface area contributed by atoms with Gasteiger partial charge in [-0.2, -0.15) is 0 Å². The standard InChI is InChI=1S/C17H19ClN2O4S/c1-3-24-17(21)19-15-8-10-16(11-9-15)25(22,23)20-12(2)13-4-6-14(18)7-5-13/h4-12,20H,3H2,1-2H3,(H,19,21). The van der Waals surface area contributed by atoms with Gasteiger partial charge in [0.2, 0.25) is 10.0 Å². The third kappa shape index (κ3) is 5.45. The highest BCUT2D eigenvalue weighted by Crippen LogP contribution is 2.20. The van der Waals surface area contributed by atoms with Crippen LogP contribution in [-0.2, 0) is 14.8 Å². The predicted molar refractivity (Wildman–Crippen MR) is 97.3 cm³/mol. The lowest BCUT2D eigenvalue weighted by atomic mass is 10.1. The van der Waals surface area contributed by atoms with Gasteiger partial charge in [0, 0.05) is 16.8 Å². The number of carbonyl (C=O) groups is 1. The molecule has 0 aliphatic carbocycles. The van der Waals surface area contributed by atoms with Gasteiger partial charge in [-0.25, -0.2) is 17.9 Å². The topological polar surface area (TPSA) is 84.5 Å². The molecule has 0 heterocycles. The molecule has 0 aliphatic rings. The largest absolute Gasteiger partial charge is 0.450 e. The lowest BCUT2D eigenvalue weighted by molar-refractivity contribution is 0.168. The molecule has 8 heteroatoms. The Bertz CT molecular complexity index is 821. The average Bonchev–Trinajstić information content (AvgIpc) is 2.55. The molecular weight excluding hydrogens is 364 g/mol. The molecule has 1 unspecified atom stereocenters. The van der Waals surface area contributed by atoms with Crippen molar-refractivity contribution in [3.63, 3.8) is 0 Å². The number of halogens is 1. The van der Waals surface area contributed by atoms with Gasteiger partial charge in [-0.3, -0.25) is 5.32 Å². The fourth-order valence-corrected chi connectivity index (χ4v) is 3.48. The number of anilines is 1. The van der Waals surface area contributed by atoms with Crippen LogP contribution in [0.3, 0.4) is 0 Å². The van der Waals surface area contributed by atoms with Crippen LogP contribution in [0.4, 0.5) is 10.5 Å². The summed E-state index contributed by atoms with van der Waals surface area (Å²) >= 11 is 5.84. The molecule has 2 N–H and O–H groups in total. The molecule has 1 atom stereocenters. The molecule has 0 aliphatic heterocycles. The summed E-state index contributed by atoms with van der Waals surface area (Å²) in [6, 6.07) is 12.4. The molecule has 2 rings (SSSR count). The van der Waals surface area contributed by atoms with Gasteiger partial charge in [-0.1, -0.05) is 23.7 Å². The van der Waals surface area contributed by atoms with Gasteiger partial charge in [0.1, 0.15) is 0 Å². The van der Waals surface area contributed by atoms with Crippen molar-refractivity contribution in [3.05, 3.63) is 59.1 Å². The van der Waals surface area contributed by atoms with Crippen LogP contribution in [0.2, 0.25) is 5.02 Å². The molecule has 2 aromatic rings. The summed E-state index contributed by atoms with van der Waals surface area (Å²) in [6.07, 6.45) is -0.590. The van der Waals surface area contributed by atoms with Crippen LogP contribution in [-0.4, -0.2) is 21.1 Å². The number of amides is 1. The summed E-state index contributed by atoms with van der Waals surface area (Å²) in [4.78, 5) is 11.4. The minimum Gasteiger partial charge on any atom is -0.450 e. The number of nitrogens with one attached hydrogen (secondary N) is 2. The van der Waals surface area contributed by atoms with E-state index in [0.29, 0.717) is 10.7 Å². The maximum absolute atomic E-state index is 12.5. The summed E-state index contributed by atoms with van der Waals surface area (Å²) in [5, 5.41) is 3.09. The maximum atomic E-state index is 12.5. The summed E-state index contributed by atoms with van der Waals surface area (Å²) in [5.74, 6) is 0. The zero-order chi connectivity index (χ0) is 18.4. The Labute approximate surface area is 152 Å². The van der Waals surface area contributed by atoms with Crippen molar-refractivity contribution < 1.29 is 17.9 Å². The van der Waals surface area contributed by atoms with E-state index in [4.69, 9.17) is 16.3 Å². The number of rotatable bonds is 6. The fourth-order valence-electron chi connectivity index (χ4n) is 2.12. The lowest BCUT2D eigenvalue weighted by Crippen LogP contribution is -2.26. The Kier molecular flexibility index (Phi) is 6.41. The van der Waals surface area contributed by atoms with Crippen molar-refractivity contribution in [3.8, 4) is 0 Å². The molecule has 0 aromatic heterocycles. The van der Waals surface area contributed by atoms with Crippen molar-refractivity contribution in [2.24, 2.45) is 0 Å². The van der Waals surface area contributed by atoms with Gasteiger partial charge in [0.15, 0.2) is 0 Å². The molecule has 0 bridgehead atoms. The summed E-state index contributed by atoms with van der Waals surface area (Å²) in [5.41, 5.74) is 1.25. The van der Waals surface area contributed by atoms with Gasteiger partial charge in [0.25, 0.3) is 0 Å². The van der Waals surface area contributed by atoms with E-state index in [-0.39, 0.29) is 11.5 Å². The average molecular weight is 383 g/mol. The smallest absolute Gasteiger partial charge is 0.411 e. The lowest BCUT2D eigenvalue weighted by Gasteiger charge is -2.15. The highest BCUT2D eigenvalue weighted by molar-refractivity contribution is 7.89. The Morgan fingerprint density at radius 3 is 2.28 bits per heavy atom. The van der Waals surface area contributed by atoms with Crippen molar-refractivity contribution in [1.29, 1.82) is 0 Å². The Morgan fingerprint density at radius 2 is 1.72 bits per heavy atom. The van der Waals surface area contributed by atoms with E-state index in [0.717, 1.165) is 5.56 Å². The van der Waals surface area contributed by atoms with E-state index in [1.807, 2.05) is 0 Å². The Balaban J connectivity index is 2.08. The molecule has 0 fully saturated rings. The number of sulfonamides is 1. The van der Waals surface area contributed by atoms with Gasteiger partial charge in [-0.05, 0) is 55.8 Å². The highest BCUT2D eigenvalue weighted by atomic mass is 35.5. The first kappa shape index (κ1) is 19.2. The molecule has 6 nitrogen and oxygen atoms in total. The third-order valence-electron chi connectivity index (χ3n) is 3.39. The van der Waals surface area contributed by atoms with E-state index >= 15 is 0 Å². The quantitative estimate of drug-likeness (QED) is 0.792. The molecule has 0 spiro atoms. The van der Waals surface area contributed by atoms with Crippen molar-refractivity contribution >= 4 is 33.4 Å². The second-order valence-electron chi connectivity index (χ2n) is 5.26. The van der Waals surface area contributed by atoms with Crippen molar-refractivity contribution in [2.45, 2.75) is 24.8 Å². The first-order valence-corrected chi connectivity index (χ1v) is 9.49. The number of hydrogen-bond acceptors (Lipinski definition) is 4. The van der Waals surface area contributed by atoms with E-state index < -0.39 is 22.2 Å². The SMILES string of the molecule is CCOC(=O)Nc1ccc(S(=O)(=O)NC(C)c2ccc(Cl)cc2)cc1. The van der Waals surface area contributed by atoms with E-state index in [1.165, 1.54) is 24.3 Å². The van der Waals surface area contributed by atoms with Crippen LogP contribution < -0.4 is 10.0 Å². The van der Waals surface area contributed by atoms with E-state index in [2.05, 4.69) is 10.0 Å². The first-order valence-electron chi connectivity index (χ1n) is 7.63. The zero-order valence-electron chi connectivity index (χ0n) is 13.8. The molecule has 2 aromatic carbocycles. The van der Waals surface area contributed by atoms with E-state index in [9.17, 15) is 13.2 Å².